The number of aliphatic hydroxyl groups is 1. The van der Waals surface area contributed by atoms with Crippen LogP contribution in [0.2, 0.25) is 0 Å². The average Bonchev–Trinajstić information content (AvgIpc) is 3.04. The van der Waals surface area contributed by atoms with Gasteiger partial charge < -0.3 is 29.9 Å². The molecule has 0 amide bonds. The summed E-state index contributed by atoms with van der Waals surface area (Å²) in [5.74, 6) is -2.35. The molecule has 1 heterocycles. The molecular weight excluding hydrogens is 392 g/mol. The predicted octanol–water partition coefficient (Wildman–Crippen LogP) is 2.49. The number of fused-ring (bicyclic) bond motifs is 2. The molecule has 0 saturated carbocycles. The third-order valence-corrected chi connectivity index (χ3v) is 6.75. The van der Waals surface area contributed by atoms with Gasteiger partial charge in [0, 0.05) is 40.8 Å². The van der Waals surface area contributed by atoms with E-state index in [1.54, 1.807) is 6.92 Å². The van der Waals surface area contributed by atoms with Crippen LogP contribution in [0.4, 0.5) is 0 Å². The molecule has 2 aromatic carbocycles. The van der Waals surface area contributed by atoms with Crippen molar-refractivity contribution < 1.29 is 39.5 Å². The number of aryl methyl sites for hydroxylation is 1. The maximum Gasteiger partial charge on any atom is 0.332 e. The van der Waals surface area contributed by atoms with Crippen molar-refractivity contribution >= 4 is 22.5 Å². The monoisotopic (exact) mass is 416 g/mol. The number of rotatable bonds is 4. The highest BCUT2D eigenvalue weighted by Crippen LogP contribution is 2.60. The van der Waals surface area contributed by atoms with Crippen LogP contribution < -0.4 is 4.74 Å². The Hall–Kier alpha value is -2.84. The summed E-state index contributed by atoms with van der Waals surface area (Å²) in [6, 6.07) is 1.46. The molecule has 30 heavy (non-hydrogen) atoms. The molecule has 1 aliphatic heterocycles. The molecule has 160 valence electrons. The van der Waals surface area contributed by atoms with Gasteiger partial charge in [-0.2, -0.15) is 0 Å². The fourth-order valence-electron chi connectivity index (χ4n) is 4.84. The Morgan fingerprint density at radius 1 is 1.27 bits per heavy atom. The summed E-state index contributed by atoms with van der Waals surface area (Å²) in [6.45, 7) is 7.42. The van der Waals surface area contributed by atoms with Crippen LogP contribution in [0.5, 0.6) is 17.2 Å². The number of Topliss-reactive ketones (excluding diaryl/α,β-unsaturated/α-hetero) is 1. The van der Waals surface area contributed by atoms with E-state index < -0.39 is 35.3 Å². The van der Waals surface area contributed by atoms with Crippen molar-refractivity contribution in [2.24, 2.45) is 0 Å². The summed E-state index contributed by atoms with van der Waals surface area (Å²) in [7, 11) is 1.21. The van der Waals surface area contributed by atoms with E-state index >= 15 is 0 Å². The SMILES string of the molecule is CO[C@@]1(C[C@@H](O)C(=O)O)C(=O)c2c(O)c3c(c4c(C)cc(O)c1c24)O[C@@H](C)C3(C)C. The molecule has 0 bridgehead atoms. The van der Waals surface area contributed by atoms with E-state index in [2.05, 4.69) is 0 Å². The van der Waals surface area contributed by atoms with Gasteiger partial charge in [-0.25, -0.2) is 4.79 Å². The van der Waals surface area contributed by atoms with Gasteiger partial charge in [-0.1, -0.05) is 13.8 Å². The second-order valence-electron chi connectivity index (χ2n) is 8.67. The molecule has 8 heteroatoms. The van der Waals surface area contributed by atoms with Crippen LogP contribution in [0.25, 0.3) is 10.8 Å². The van der Waals surface area contributed by atoms with Crippen LogP contribution in [-0.2, 0) is 20.5 Å². The average molecular weight is 416 g/mol. The Morgan fingerprint density at radius 2 is 1.90 bits per heavy atom. The number of phenols is 2. The summed E-state index contributed by atoms with van der Waals surface area (Å²) in [4.78, 5) is 24.9. The molecule has 0 aromatic heterocycles. The molecule has 1 aliphatic carbocycles. The van der Waals surface area contributed by atoms with E-state index in [0.29, 0.717) is 22.3 Å². The maximum absolute atomic E-state index is 13.6. The van der Waals surface area contributed by atoms with Gasteiger partial charge in [-0.3, -0.25) is 4.79 Å². The van der Waals surface area contributed by atoms with Crippen LogP contribution in [0.3, 0.4) is 0 Å². The maximum atomic E-state index is 13.6. The van der Waals surface area contributed by atoms with Crippen molar-refractivity contribution in [2.45, 2.75) is 57.3 Å². The lowest BCUT2D eigenvalue weighted by molar-refractivity contribution is -0.150. The van der Waals surface area contributed by atoms with Crippen LogP contribution in [0.15, 0.2) is 6.07 Å². The third-order valence-electron chi connectivity index (χ3n) is 6.75. The minimum absolute atomic E-state index is 0.0324. The van der Waals surface area contributed by atoms with Gasteiger partial charge in [0.25, 0.3) is 0 Å². The number of benzene rings is 2. The van der Waals surface area contributed by atoms with Gasteiger partial charge in [0.05, 0.1) is 5.56 Å². The Labute approximate surface area is 172 Å². The number of hydrogen-bond acceptors (Lipinski definition) is 7. The first-order chi connectivity index (χ1) is 13.9. The standard InChI is InChI=1S/C22H24O8/c1-8-6-10(23)15-13-12(8)18-16(21(3,4)9(2)30-18)17(25)14(13)19(26)22(15,29-5)7-11(24)20(27)28/h6,9,11,23-25H,7H2,1-5H3,(H,27,28)/t9-,11+,22+/m0/s1. The normalized spacial score (nSPS) is 24.7. The van der Waals surface area contributed by atoms with Gasteiger partial charge in [0.15, 0.2) is 11.7 Å². The Bertz CT molecular complexity index is 1130. The van der Waals surface area contributed by atoms with Gasteiger partial charge >= 0.3 is 5.97 Å². The molecule has 0 unspecified atom stereocenters. The van der Waals surface area contributed by atoms with E-state index in [1.807, 2.05) is 20.8 Å². The van der Waals surface area contributed by atoms with E-state index in [9.17, 15) is 30.0 Å². The molecule has 0 spiro atoms. The largest absolute Gasteiger partial charge is 0.508 e. The summed E-state index contributed by atoms with van der Waals surface area (Å²) >= 11 is 0. The first-order valence-electron chi connectivity index (χ1n) is 9.63. The van der Waals surface area contributed by atoms with Crippen molar-refractivity contribution in [1.82, 2.24) is 0 Å². The van der Waals surface area contributed by atoms with E-state index in [0.717, 1.165) is 0 Å². The summed E-state index contributed by atoms with van der Waals surface area (Å²) in [5, 5.41) is 42.0. The molecule has 2 aliphatic rings. The Morgan fingerprint density at radius 3 is 2.47 bits per heavy atom. The molecular formula is C22H24O8. The fraction of sp³-hybridized carbons (Fsp3) is 0.455. The lowest BCUT2D eigenvalue weighted by atomic mass is 9.79. The number of ketones is 1. The van der Waals surface area contributed by atoms with Gasteiger partial charge in [0.1, 0.15) is 23.4 Å². The van der Waals surface area contributed by atoms with Crippen molar-refractivity contribution in [3.05, 3.63) is 28.3 Å². The molecule has 3 atom stereocenters. The summed E-state index contributed by atoms with van der Waals surface area (Å²) in [6.07, 6.45) is -2.81. The molecule has 0 radical (unpaired) electrons. The quantitative estimate of drug-likeness (QED) is 0.597. The van der Waals surface area contributed by atoms with Crippen LogP contribution in [0, 0.1) is 6.92 Å². The van der Waals surface area contributed by atoms with Crippen molar-refractivity contribution in [2.75, 3.05) is 7.11 Å². The number of ether oxygens (including phenoxy) is 2. The highest BCUT2D eigenvalue weighted by molar-refractivity contribution is 6.24. The zero-order valence-electron chi connectivity index (χ0n) is 17.4. The van der Waals surface area contributed by atoms with Gasteiger partial charge in [-0.15, -0.1) is 0 Å². The molecule has 4 rings (SSSR count). The topological polar surface area (TPSA) is 134 Å². The number of aliphatic hydroxyl groups excluding tert-OH is 1. The summed E-state index contributed by atoms with van der Waals surface area (Å²) in [5.41, 5.74) is -1.47. The van der Waals surface area contributed by atoms with Crippen molar-refractivity contribution in [3.8, 4) is 17.2 Å². The number of carboxylic acid groups (broad SMARTS) is 1. The second kappa shape index (κ2) is 6.09. The molecule has 0 fully saturated rings. The van der Waals surface area contributed by atoms with Gasteiger partial charge in [-0.05, 0) is 25.5 Å². The smallest absolute Gasteiger partial charge is 0.332 e. The minimum atomic E-state index is -1.96. The highest BCUT2D eigenvalue weighted by Gasteiger charge is 2.56. The second-order valence-corrected chi connectivity index (χ2v) is 8.67. The zero-order chi connectivity index (χ0) is 22.3. The van der Waals surface area contributed by atoms with E-state index in [1.165, 1.54) is 13.2 Å². The zero-order valence-corrected chi connectivity index (χ0v) is 17.4. The number of carbonyl (C=O) groups excluding carboxylic acids is 1. The van der Waals surface area contributed by atoms with Gasteiger partial charge in [0.2, 0.25) is 5.78 Å². The van der Waals surface area contributed by atoms with Crippen LogP contribution in [0.1, 0.15) is 54.2 Å². The van der Waals surface area contributed by atoms with Crippen LogP contribution in [-0.4, -0.2) is 51.5 Å². The number of methoxy groups -OCH3 is 1. The first-order valence-corrected chi connectivity index (χ1v) is 9.63. The number of hydrogen-bond donors (Lipinski definition) is 4. The minimum Gasteiger partial charge on any atom is -0.508 e. The lowest BCUT2D eigenvalue weighted by Crippen LogP contribution is -2.40. The highest BCUT2D eigenvalue weighted by atomic mass is 16.5. The van der Waals surface area contributed by atoms with Crippen molar-refractivity contribution in [3.63, 3.8) is 0 Å². The number of aliphatic carboxylic acids is 1. The number of phenolic OH excluding ortho intramolecular Hbond substituents is 2. The molecule has 4 N–H and O–H groups in total. The molecule has 0 saturated heterocycles. The Kier molecular flexibility index (Phi) is 4.15. The number of aromatic hydroxyl groups is 2. The fourth-order valence-corrected chi connectivity index (χ4v) is 4.84. The molecule has 2 aromatic rings. The number of carboxylic acids is 1. The Balaban J connectivity index is 2.16. The lowest BCUT2D eigenvalue weighted by Gasteiger charge is -2.29. The van der Waals surface area contributed by atoms with E-state index in [-0.39, 0.29) is 34.1 Å². The van der Waals surface area contributed by atoms with E-state index in [4.69, 9.17) is 9.47 Å². The third kappa shape index (κ3) is 2.23. The van der Waals surface area contributed by atoms with Crippen molar-refractivity contribution in [1.29, 1.82) is 0 Å². The first kappa shape index (κ1) is 20.4. The van der Waals surface area contributed by atoms with Crippen LogP contribution >= 0.6 is 0 Å². The summed E-state index contributed by atoms with van der Waals surface area (Å²) < 4.78 is 11.6. The predicted molar refractivity (Wildman–Crippen MR) is 106 cm³/mol. The number of carbonyl (C=O) groups is 2. The molecule has 8 nitrogen and oxygen atoms in total.